The van der Waals surface area contributed by atoms with Gasteiger partial charge in [-0.25, -0.2) is 9.97 Å². The lowest BCUT2D eigenvalue weighted by atomic mass is 9.78. The number of hydrogen-bond acceptors (Lipinski definition) is 6. The van der Waals surface area contributed by atoms with E-state index < -0.39 is 7.12 Å². The molecule has 2 aromatic heterocycles. The first kappa shape index (κ1) is 32.4. The van der Waals surface area contributed by atoms with Crippen molar-refractivity contribution < 1.29 is 14.5 Å². The first-order valence-corrected chi connectivity index (χ1v) is 17.5. The van der Waals surface area contributed by atoms with Crippen molar-refractivity contribution in [2.45, 2.75) is 39.7 Å². The van der Waals surface area contributed by atoms with E-state index in [1.165, 1.54) is 0 Å². The SMILES string of the molecule is C=C1/C=c2/cccc/c2=C/C(C)N(c2nc(-c3cccc4c3oc3c(B(O)O)cc5ccccc5c34)nc3ccccc23)C(/C=C\CC)=C1CC. The highest BCUT2D eigenvalue weighted by molar-refractivity contribution is 6.62. The maximum Gasteiger partial charge on any atom is 0.492 e. The zero-order chi connectivity index (χ0) is 35.2. The monoisotopic (exact) mass is 667 g/mol. The summed E-state index contributed by atoms with van der Waals surface area (Å²) < 4.78 is 6.62. The summed E-state index contributed by atoms with van der Waals surface area (Å²) in [7, 11) is -1.70. The Morgan fingerprint density at radius 2 is 1.57 bits per heavy atom. The summed E-state index contributed by atoms with van der Waals surface area (Å²) in [5, 5.41) is 27.6. The molecular formula is C44H38BN3O3. The molecule has 0 radical (unpaired) electrons. The molecule has 7 heteroatoms. The number of allylic oxidation sites excluding steroid dienone is 4. The Morgan fingerprint density at radius 3 is 2.35 bits per heavy atom. The quantitative estimate of drug-likeness (QED) is 0.177. The molecule has 0 bridgehead atoms. The van der Waals surface area contributed by atoms with Gasteiger partial charge in [0, 0.05) is 27.3 Å². The number of anilines is 1. The number of aromatic nitrogens is 2. The molecule has 1 aliphatic heterocycles. The molecular weight excluding hydrogens is 629 g/mol. The van der Waals surface area contributed by atoms with E-state index in [0.29, 0.717) is 28.0 Å². The molecule has 2 N–H and O–H groups in total. The molecule has 0 saturated heterocycles. The van der Waals surface area contributed by atoms with Gasteiger partial charge < -0.3 is 19.4 Å². The highest BCUT2D eigenvalue weighted by atomic mass is 16.4. The maximum atomic E-state index is 10.4. The van der Waals surface area contributed by atoms with Crippen LogP contribution < -0.4 is 20.8 Å². The molecule has 3 heterocycles. The van der Waals surface area contributed by atoms with Crippen molar-refractivity contribution in [2.75, 3.05) is 4.90 Å². The van der Waals surface area contributed by atoms with E-state index in [4.69, 9.17) is 14.4 Å². The van der Waals surface area contributed by atoms with E-state index in [0.717, 1.165) is 78.4 Å². The lowest BCUT2D eigenvalue weighted by molar-refractivity contribution is 0.425. The summed E-state index contributed by atoms with van der Waals surface area (Å²) >= 11 is 0. The van der Waals surface area contributed by atoms with Gasteiger partial charge in [0.2, 0.25) is 0 Å². The van der Waals surface area contributed by atoms with Crippen LogP contribution in [-0.4, -0.2) is 33.2 Å². The van der Waals surface area contributed by atoms with Crippen molar-refractivity contribution in [3.63, 3.8) is 0 Å². The second kappa shape index (κ2) is 13.2. The van der Waals surface area contributed by atoms with Crippen LogP contribution in [0.5, 0.6) is 0 Å². The third-order valence-corrected chi connectivity index (χ3v) is 9.82. The minimum Gasteiger partial charge on any atom is -0.456 e. The van der Waals surface area contributed by atoms with E-state index in [1.807, 2.05) is 60.7 Å². The lowest BCUT2D eigenvalue weighted by Crippen LogP contribution is -2.35. The van der Waals surface area contributed by atoms with Crippen molar-refractivity contribution in [3.8, 4) is 11.4 Å². The van der Waals surface area contributed by atoms with Gasteiger partial charge in [-0.2, -0.15) is 0 Å². The van der Waals surface area contributed by atoms with Gasteiger partial charge in [-0.15, -0.1) is 0 Å². The molecule has 0 saturated carbocycles. The van der Waals surface area contributed by atoms with Gasteiger partial charge in [-0.05, 0) is 82.5 Å². The smallest absolute Gasteiger partial charge is 0.456 e. The van der Waals surface area contributed by atoms with Crippen LogP contribution in [0.25, 0.3) is 67.2 Å². The predicted octanol–water partition coefficient (Wildman–Crippen LogP) is 7.69. The van der Waals surface area contributed by atoms with Crippen molar-refractivity contribution in [3.05, 3.63) is 143 Å². The molecule has 1 aliphatic rings. The third-order valence-electron chi connectivity index (χ3n) is 9.82. The Labute approximate surface area is 296 Å². The molecule has 7 aromatic rings. The van der Waals surface area contributed by atoms with Crippen molar-refractivity contribution in [2.24, 2.45) is 0 Å². The summed E-state index contributed by atoms with van der Waals surface area (Å²) in [6.07, 6.45) is 10.5. The average molecular weight is 668 g/mol. The fourth-order valence-corrected chi connectivity index (χ4v) is 7.46. The number of nitrogens with zero attached hydrogens (tertiary/aromatic N) is 3. The van der Waals surface area contributed by atoms with Crippen LogP contribution in [0.1, 0.15) is 33.6 Å². The van der Waals surface area contributed by atoms with Gasteiger partial charge in [0.25, 0.3) is 0 Å². The first-order valence-electron chi connectivity index (χ1n) is 17.5. The first-order chi connectivity index (χ1) is 24.9. The zero-order valence-electron chi connectivity index (χ0n) is 29.0. The molecule has 0 spiro atoms. The third kappa shape index (κ3) is 5.55. The fourth-order valence-electron chi connectivity index (χ4n) is 7.46. The minimum atomic E-state index is -1.70. The summed E-state index contributed by atoms with van der Waals surface area (Å²) in [6, 6.07) is 32.2. The Hall–Kier alpha value is -5.76. The Bertz CT molecular complexity index is 2710. The second-order valence-corrected chi connectivity index (χ2v) is 13.0. The number of furan rings is 1. The van der Waals surface area contributed by atoms with Crippen LogP contribution in [0.15, 0.2) is 137 Å². The fraction of sp³-hybridized carbons (Fsp3) is 0.136. The normalized spacial score (nSPS) is 16.6. The number of hydrogen-bond donors (Lipinski definition) is 2. The van der Waals surface area contributed by atoms with Crippen LogP contribution in [0.2, 0.25) is 0 Å². The van der Waals surface area contributed by atoms with Gasteiger partial charge in [-0.3, -0.25) is 0 Å². The van der Waals surface area contributed by atoms with Crippen LogP contribution >= 0.6 is 0 Å². The molecule has 5 aromatic carbocycles. The van der Waals surface area contributed by atoms with E-state index in [1.54, 1.807) is 6.07 Å². The highest BCUT2D eigenvalue weighted by Crippen LogP contribution is 2.40. The Kier molecular flexibility index (Phi) is 8.38. The van der Waals surface area contributed by atoms with Gasteiger partial charge >= 0.3 is 7.12 Å². The molecule has 0 amide bonds. The van der Waals surface area contributed by atoms with Gasteiger partial charge in [0.05, 0.1) is 17.1 Å². The maximum absolute atomic E-state index is 10.4. The molecule has 250 valence electrons. The Balaban J connectivity index is 1.45. The van der Waals surface area contributed by atoms with Crippen molar-refractivity contribution in [1.29, 1.82) is 0 Å². The van der Waals surface area contributed by atoms with Gasteiger partial charge in [0.15, 0.2) is 5.82 Å². The second-order valence-electron chi connectivity index (χ2n) is 13.0. The molecule has 0 fully saturated rings. The van der Waals surface area contributed by atoms with Gasteiger partial charge in [0.1, 0.15) is 17.0 Å². The van der Waals surface area contributed by atoms with E-state index in [-0.39, 0.29) is 6.04 Å². The van der Waals surface area contributed by atoms with Crippen LogP contribution in [0.3, 0.4) is 0 Å². The molecule has 51 heavy (non-hydrogen) atoms. The van der Waals surface area contributed by atoms with E-state index in [2.05, 4.69) is 86.9 Å². The van der Waals surface area contributed by atoms with Crippen LogP contribution in [-0.2, 0) is 0 Å². The summed E-state index contributed by atoms with van der Waals surface area (Å²) in [4.78, 5) is 12.9. The standard InChI is InChI=1S/C44H38BN3O3/c1-5-7-23-39-32(6-2)27(3)24-29-15-8-9-16-30(29)25-28(4)48(39)44-34-19-12-13-22-38(34)46-43(47-44)36-21-14-20-35-40-33-18-11-10-17-31(33)26-37(45(49)50)42(40)51-41(35)36/h7-26,28,49-50H,3,5-6H2,1-2,4H3/b23-7-,29-24-,30-25-,39-32?. The van der Waals surface area contributed by atoms with Gasteiger partial charge in [-0.1, -0.05) is 111 Å². The highest BCUT2D eigenvalue weighted by Gasteiger charge is 2.27. The topological polar surface area (TPSA) is 82.6 Å². The van der Waals surface area contributed by atoms with Crippen molar-refractivity contribution in [1.82, 2.24) is 9.97 Å². The minimum absolute atomic E-state index is 0.100. The number of benzene rings is 5. The van der Waals surface area contributed by atoms with Crippen LogP contribution in [0.4, 0.5) is 5.82 Å². The number of fused-ring (bicyclic) bond motifs is 7. The zero-order valence-corrected chi connectivity index (χ0v) is 29.0. The summed E-state index contributed by atoms with van der Waals surface area (Å²) in [6.45, 7) is 11.1. The molecule has 1 atom stereocenters. The Morgan fingerprint density at radius 1 is 0.843 bits per heavy atom. The molecule has 0 aliphatic carbocycles. The summed E-state index contributed by atoms with van der Waals surface area (Å²) in [5.41, 5.74) is 6.01. The number of para-hydroxylation sites is 2. The predicted molar refractivity (Wildman–Crippen MR) is 212 cm³/mol. The molecule has 8 rings (SSSR count). The van der Waals surface area contributed by atoms with Crippen molar-refractivity contribution >= 4 is 74.2 Å². The summed E-state index contributed by atoms with van der Waals surface area (Å²) in [5.74, 6) is 1.29. The molecule has 6 nitrogen and oxygen atoms in total. The lowest BCUT2D eigenvalue weighted by Gasteiger charge is -2.32. The van der Waals surface area contributed by atoms with Crippen LogP contribution in [0, 0.1) is 0 Å². The largest absolute Gasteiger partial charge is 0.492 e. The van der Waals surface area contributed by atoms with E-state index >= 15 is 0 Å². The number of rotatable bonds is 6. The molecule has 1 unspecified atom stereocenters. The van der Waals surface area contributed by atoms with E-state index in [9.17, 15) is 10.0 Å². The average Bonchev–Trinajstić information content (AvgIpc) is 3.55.